The highest BCUT2D eigenvalue weighted by molar-refractivity contribution is 9.10. The van der Waals surface area contributed by atoms with Crippen molar-refractivity contribution in [2.75, 3.05) is 0 Å². The zero-order chi connectivity index (χ0) is 14.0. The molecule has 0 unspecified atom stereocenters. The molecule has 20 heavy (non-hydrogen) atoms. The van der Waals surface area contributed by atoms with Crippen LogP contribution in [0.25, 0.3) is 0 Å². The lowest BCUT2D eigenvalue weighted by Crippen LogP contribution is -2.50. The molecule has 2 aromatic carbocycles. The summed E-state index contributed by atoms with van der Waals surface area (Å²) < 4.78 is 1.06. The average molecular weight is 330 g/mol. The molecule has 0 saturated heterocycles. The molecule has 0 radical (unpaired) electrons. The second kappa shape index (κ2) is 5.41. The van der Waals surface area contributed by atoms with E-state index in [1.54, 1.807) is 0 Å². The lowest BCUT2D eigenvalue weighted by molar-refractivity contribution is 0.0823. The number of benzene rings is 2. The van der Waals surface area contributed by atoms with Gasteiger partial charge in [-0.1, -0.05) is 46.3 Å². The highest BCUT2D eigenvalue weighted by atomic mass is 79.9. The number of rotatable bonds is 3. The quantitative estimate of drug-likeness (QED) is 0.895. The largest absolute Gasteiger partial charge is 0.343 e. The fraction of sp³-hybridized carbons (Fsp3) is 0.235. The van der Waals surface area contributed by atoms with Gasteiger partial charge in [-0.05, 0) is 49.1 Å². The van der Waals surface area contributed by atoms with Crippen LogP contribution >= 0.6 is 15.9 Å². The molecule has 0 aromatic heterocycles. The van der Waals surface area contributed by atoms with Crippen LogP contribution in [0.2, 0.25) is 0 Å². The van der Waals surface area contributed by atoms with E-state index < -0.39 is 0 Å². The third-order valence-corrected chi connectivity index (χ3v) is 4.52. The summed E-state index contributed by atoms with van der Waals surface area (Å²) in [5.74, 6) is 0.00761. The van der Waals surface area contributed by atoms with Gasteiger partial charge in [-0.3, -0.25) is 4.79 Å². The SMILES string of the molecule is O=C(NC1(c2ccc(Br)cc2)CCC1)c1ccccc1. The van der Waals surface area contributed by atoms with E-state index in [0.717, 1.165) is 29.3 Å². The number of hydrogen-bond acceptors (Lipinski definition) is 1. The fourth-order valence-electron chi connectivity index (χ4n) is 2.66. The monoisotopic (exact) mass is 329 g/mol. The van der Waals surface area contributed by atoms with Gasteiger partial charge in [0.2, 0.25) is 0 Å². The Labute approximate surface area is 127 Å². The molecule has 1 fully saturated rings. The molecule has 1 aliphatic carbocycles. The number of halogens is 1. The van der Waals surface area contributed by atoms with Gasteiger partial charge in [0.25, 0.3) is 5.91 Å². The van der Waals surface area contributed by atoms with Gasteiger partial charge in [-0.2, -0.15) is 0 Å². The Morgan fingerprint density at radius 1 is 1.00 bits per heavy atom. The summed E-state index contributed by atoms with van der Waals surface area (Å²) in [6.45, 7) is 0. The summed E-state index contributed by atoms with van der Waals surface area (Å²) >= 11 is 3.45. The first-order valence-electron chi connectivity index (χ1n) is 6.83. The van der Waals surface area contributed by atoms with Crippen molar-refractivity contribution < 1.29 is 4.79 Å². The molecule has 0 bridgehead atoms. The minimum absolute atomic E-state index is 0.00761. The van der Waals surface area contributed by atoms with Crippen molar-refractivity contribution in [1.29, 1.82) is 0 Å². The maximum Gasteiger partial charge on any atom is 0.251 e. The summed E-state index contributed by atoms with van der Waals surface area (Å²) in [7, 11) is 0. The Kier molecular flexibility index (Phi) is 3.62. The predicted molar refractivity (Wildman–Crippen MR) is 83.6 cm³/mol. The Bertz CT molecular complexity index is 603. The topological polar surface area (TPSA) is 29.1 Å². The fourth-order valence-corrected chi connectivity index (χ4v) is 2.93. The number of hydrogen-bond donors (Lipinski definition) is 1. The minimum Gasteiger partial charge on any atom is -0.343 e. The van der Waals surface area contributed by atoms with Crippen molar-refractivity contribution in [3.8, 4) is 0 Å². The van der Waals surface area contributed by atoms with Crippen molar-refractivity contribution in [1.82, 2.24) is 5.32 Å². The average Bonchev–Trinajstić information content (AvgIpc) is 2.45. The third-order valence-electron chi connectivity index (χ3n) is 3.99. The lowest BCUT2D eigenvalue weighted by atomic mass is 9.71. The normalized spacial score (nSPS) is 16.2. The number of nitrogens with one attached hydrogen (secondary N) is 1. The van der Waals surface area contributed by atoms with Gasteiger partial charge in [0, 0.05) is 10.0 Å². The highest BCUT2D eigenvalue weighted by Gasteiger charge is 2.40. The molecule has 3 rings (SSSR count). The second-order valence-corrected chi connectivity index (χ2v) is 6.18. The van der Waals surface area contributed by atoms with Crippen molar-refractivity contribution >= 4 is 21.8 Å². The van der Waals surface area contributed by atoms with E-state index in [1.807, 2.05) is 42.5 Å². The zero-order valence-electron chi connectivity index (χ0n) is 11.1. The summed E-state index contributed by atoms with van der Waals surface area (Å²) in [5.41, 5.74) is 1.72. The van der Waals surface area contributed by atoms with Gasteiger partial charge in [0.1, 0.15) is 0 Å². The molecule has 0 aliphatic heterocycles. The molecule has 0 spiro atoms. The molecule has 0 heterocycles. The third kappa shape index (κ3) is 2.50. The number of amides is 1. The second-order valence-electron chi connectivity index (χ2n) is 5.26. The van der Waals surface area contributed by atoms with E-state index in [-0.39, 0.29) is 11.4 Å². The van der Waals surface area contributed by atoms with E-state index in [4.69, 9.17) is 0 Å². The summed E-state index contributed by atoms with van der Waals surface area (Å²) in [6, 6.07) is 17.7. The molecule has 2 aromatic rings. The van der Waals surface area contributed by atoms with Gasteiger partial charge in [-0.25, -0.2) is 0 Å². The van der Waals surface area contributed by atoms with Crippen LogP contribution in [0.15, 0.2) is 59.1 Å². The lowest BCUT2D eigenvalue weighted by Gasteiger charge is -2.43. The van der Waals surface area contributed by atoms with E-state index in [9.17, 15) is 4.79 Å². The van der Waals surface area contributed by atoms with Crippen LogP contribution < -0.4 is 5.32 Å². The molecular weight excluding hydrogens is 314 g/mol. The van der Waals surface area contributed by atoms with Gasteiger partial charge in [-0.15, -0.1) is 0 Å². The molecule has 0 atom stereocenters. The number of carbonyl (C=O) groups is 1. The smallest absolute Gasteiger partial charge is 0.251 e. The van der Waals surface area contributed by atoms with Crippen LogP contribution in [0.3, 0.4) is 0 Å². The van der Waals surface area contributed by atoms with E-state index in [0.29, 0.717) is 0 Å². The molecule has 2 nitrogen and oxygen atoms in total. The van der Waals surface area contributed by atoms with Gasteiger partial charge in [0.05, 0.1) is 5.54 Å². The molecule has 1 amide bonds. The maximum absolute atomic E-state index is 12.4. The zero-order valence-corrected chi connectivity index (χ0v) is 12.7. The molecule has 102 valence electrons. The minimum atomic E-state index is -0.187. The Hall–Kier alpha value is -1.61. The van der Waals surface area contributed by atoms with E-state index in [2.05, 4.69) is 33.4 Å². The summed E-state index contributed by atoms with van der Waals surface area (Å²) in [5, 5.41) is 3.23. The molecule has 3 heteroatoms. The first-order valence-corrected chi connectivity index (χ1v) is 7.63. The Balaban J connectivity index is 1.83. The maximum atomic E-state index is 12.4. The standard InChI is InChI=1S/C17H16BrNO/c18-15-9-7-14(8-10-15)17(11-4-12-17)19-16(20)13-5-2-1-3-6-13/h1-3,5-10H,4,11-12H2,(H,19,20). The van der Waals surface area contributed by atoms with Crippen LogP contribution in [0.5, 0.6) is 0 Å². The Morgan fingerprint density at radius 2 is 1.65 bits per heavy atom. The Morgan fingerprint density at radius 3 is 2.20 bits per heavy atom. The molecular formula is C17H16BrNO. The first kappa shape index (κ1) is 13.4. The molecule has 1 aliphatic rings. The van der Waals surface area contributed by atoms with E-state index in [1.165, 1.54) is 5.56 Å². The van der Waals surface area contributed by atoms with Gasteiger partial charge >= 0.3 is 0 Å². The van der Waals surface area contributed by atoms with Crippen LogP contribution in [0.4, 0.5) is 0 Å². The van der Waals surface area contributed by atoms with Crippen molar-refractivity contribution in [3.63, 3.8) is 0 Å². The predicted octanol–water partition coefficient (Wildman–Crippen LogP) is 4.26. The van der Waals surface area contributed by atoms with Crippen LogP contribution in [0, 0.1) is 0 Å². The summed E-state index contributed by atoms with van der Waals surface area (Å²) in [4.78, 5) is 12.4. The van der Waals surface area contributed by atoms with Crippen molar-refractivity contribution in [2.24, 2.45) is 0 Å². The van der Waals surface area contributed by atoms with Gasteiger partial charge in [0.15, 0.2) is 0 Å². The molecule has 1 N–H and O–H groups in total. The van der Waals surface area contributed by atoms with Crippen molar-refractivity contribution in [3.05, 3.63) is 70.2 Å². The first-order chi connectivity index (χ1) is 9.70. The van der Waals surface area contributed by atoms with E-state index >= 15 is 0 Å². The van der Waals surface area contributed by atoms with Gasteiger partial charge < -0.3 is 5.32 Å². The summed E-state index contributed by atoms with van der Waals surface area (Å²) in [6.07, 6.45) is 3.17. The van der Waals surface area contributed by atoms with Crippen molar-refractivity contribution in [2.45, 2.75) is 24.8 Å². The highest BCUT2D eigenvalue weighted by Crippen LogP contribution is 2.41. The molecule has 1 saturated carbocycles. The van der Waals surface area contributed by atoms with Crippen LogP contribution in [0.1, 0.15) is 35.2 Å². The van der Waals surface area contributed by atoms with Crippen LogP contribution in [-0.2, 0) is 5.54 Å². The number of carbonyl (C=O) groups excluding carboxylic acids is 1. The van der Waals surface area contributed by atoms with Crippen LogP contribution in [-0.4, -0.2) is 5.91 Å².